The molecule has 0 bridgehead atoms. The Morgan fingerprint density at radius 2 is 1.83 bits per heavy atom. The van der Waals surface area contributed by atoms with E-state index in [1.165, 1.54) is 0 Å². The maximum absolute atomic E-state index is 8.44. The summed E-state index contributed by atoms with van der Waals surface area (Å²) < 4.78 is 0. The largest absolute Gasteiger partial charge is 0.400 e. The Bertz CT molecular complexity index is 272. The van der Waals surface area contributed by atoms with Crippen LogP contribution in [0.5, 0.6) is 0 Å². The van der Waals surface area contributed by atoms with Crippen LogP contribution in [0.3, 0.4) is 0 Å². The van der Waals surface area contributed by atoms with Gasteiger partial charge in [0.15, 0.2) is 0 Å². The van der Waals surface area contributed by atoms with Crippen molar-refractivity contribution >= 4 is 5.57 Å². The van der Waals surface area contributed by atoms with Crippen molar-refractivity contribution in [1.82, 2.24) is 0 Å². The van der Waals surface area contributed by atoms with Crippen LogP contribution in [-0.4, -0.2) is 12.2 Å². The van der Waals surface area contributed by atoms with E-state index in [9.17, 15) is 0 Å². The second-order valence-electron chi connectivity index (χ2n) is 1.96. The van der Waals surface area contributed by atoms with Crippen molar-refractivity contribution in [2.24, 2.45) is 0 Å². The molecular formula is C10H11NO. The molecule has 1 aromatic rings. The van der Waals surface area contributed by atoms with Crippen LogP contribution < -0.4 is 0 Å². The van der Waals surface area contributed by atoms with E-state index in [0.29, 0.717) is 5.57 Å². The van der Waals surface area contributed by atoms with Crippen LogP contribution >= 0.6 is 0 Å². The molecule has 0 heterocycles. The zero-order valence-corrected chi connectivity index (χ0v) is 6.99. The monoisotopic (exact) mass is 161 g/mol. The topological polar surface area (TPSA) is 44.0 Å². The third kappa shape index (κ3) is 3.00. The minimum absolute atomic E-state index is 0.514. The molecule has 2 nitrogen and oxygen atoms in total. The van der Waals surface area contributed by atoms with Gasteiger partial charge in [-0.25, -0.2) is 0 Å². The van der Waals surface area contributed by atoms with E-state index in [1.807, 2.05) is 36.4 Å². The first kappa shape index (κ1) is 10.4. The zero-order valence-electron chi connectivity index (χ0n) is 6.99. The second-order valence-corrected chi connectivity index (χ2v) is 1.96. The average Bonchev–Trinajstić information content (AvgIpc) is 2.21. The predicted octanol–water partition coefficient (Wildman–Crippen LogP) is 1.83. The van der Waals surface area contributed by atoms with Gasteiger partial charge < -0.3 is 5.11 Å². The predicted molar refractivity (Wildman–Crippen MR) is 49.2 cm³/mol. The van der Waals surface area contributed by atoms with E-state index in [2.05, 4.69) is 6.58 Å². The van der Waals surface area contributed by atoms with Crippen molar-refractivity contribution < 1.29 is 5.11 Å². The summed E-state index contributed by atoms with van der Waals surface area (Å²) in [5, 5.41) is 15.4. The first-order chi connectivity index (χ1) is 5.84. The number of aliphatic hydroxyl groups is 1. The summed E-state index contributed by atoms with van der Waals surface area (Å²) >= 11 is 0. The molecule has 12 heavy (non-hydrogen) atoms. The molecule has 1 rings (SSSR count). The number of rotatable bonds is 1. The van der Waals surface area contributed by atoms with Crippen molar-refractivity contribution in [3.63, 3.8) is 0 Å². The van der Waals surface area contributed by atoms with E-state index in [1.54, 1.807) is 0 Å². The molecule has 0 amide bonds. The van der Waals surface area contributed by atoms with Crippen molar-refractivity contribution in [2.75, 3.05) is 7.11 Å². The van der Waals surface area contributed by atoms with Crippen LogP contribution in [0.15, 0.2) is 36.9 Å². The van der Waals surface area contributed by atoms with Crippen LogP contribution in [0.4, 0.5) is 0 Å². The van der Waals surface area contributed by atoms with Gasteiger partial charge in [-0.2, -0.15) is 5.26 Å². The molecule has 1 aromatic carbocycles. The fourth-order valence-corrected chi connectivity index (χ4v) is 0.704. The lowest BCUT2D eigenvalue weighted by molar-refractivity contribution is 0.399. The molecule has 0 aliphatic rings. The highest BCUT2D eigenvalue weighted by Crippen LogP contribution is 2.08. The van der Waals surface area contributed by atoms with Crippen molar-refractivity contribution in [3.8, 4) is 6.07 Å². The first-order valence-electron chi connectivity index (χ1n) is 3.44. The van der Waals surface area contributed by atoms with Crippen LogP contribution in [0.2, 0.25) is 0 Å². The molecule has 2 heteroatoms. The van der Waals surface area contributed by atoms with Crippen molar-refractivity contribution in [3.05, 3.63) is 42.5 Å². The summed E-state index contributed by atoms with van der Waals surface area (Å²) in [6.07, 6.45) is 0. The quantitative estimate of drug-likeness (QED) is 0.638. The van der Waals surface area contributed by atoms with E-state index < -0.39 is 0 Å². The molecule has 62 valence electrons. The van der Waals surface area contributed by atoms with Gasteiger partial charge in [-0.1, -0.05) is 36.9 Å². The Kier molecular flexibility index (Phi) is 5.33. The third-order valence-corrected chi connectivity index (χ3v) is 1.26. The summed E-state index contributed by atoms with van der Waals surface area (Å²) in [5.41, 5.74) is 1.41. The van der Waals surface area contributed by atoms with E-state index in [4.69, 9.17) is 10.4 Å². The maximum Gasteiger partial charge on any atom is 0.0991 e. The minimum atomic E-state index is 0.514. The Labute approximate surface area is 72.4 Å². The Hall–Kier alpha value is -1.59. The highest BCUT2D eigenvalue weighted by atomic mass is 16.2. The SMILES string of the molecule is C=C(C#N)c1ccccc1.CO. The van der Waals surface area contributed by atoms with Gasteiger partial charge in [-0.05, 0) is 5.56 Å². The van der Waals surface area contributed by atoms with Gasteiger partial charge in [-0.3, -0.25) is 0 Å². The number of hydrogen-bond donors (Lipinski definition) is 1. The minimum Gasteiger partial charge on any atom is -0.400 e. The molecule has 0 spiro atoms. The van der Waals surface area contributed by atoms with E-state index in [0.717, 1.165) is 12.7 Å². The smallest absolute Gasteiger partial charge is 0.0991 e. The molecule has 0 aliphatic heterocycles. The third-order valence-electron chi connectivity index (χ3n) is 1.26. The van der Waals surface area contributed by atoms with Crippen molar-refractivity contribution in [1.29, 1.82) is 5.26 Å². The molecule has 0 saturated heterocycles. The number of benzene rings is 1. The van der Waals surface area contributed by atoms with Gasteiger partial charge in [0, 0.05) is 7.11 Å². The number of nitriles is 1. The summed E-state index contributed by atoms with van der Waals surface area (Å²) in [4.78, 5) is 0. The normalized spacial score (nSPS) is 7.42. The van der Waals surface area contributed by atoms with Gasteiger partial charge in [0.2, 0.25) is 0 Å². The standard InChI is InChI=1S/C9H7N.CH4O/c1-8(7-10)9-5-3-2-4-6-9;1-2/h2-6H,1H2;2H,1H3. The lowest BCUT2D eigenvalue weighted by Crippen LogP contribution is -1.75. The highest BCUT2D eigenvalue weighted by Gasteiger charge is 1.91. The number of allylic oxidation sites excluding steroid dienone is 1. The Balaban J connectivity index is 0.000000561. The van der Waals surface area contributed by atoms with Gasteiger partial charge >= 0.3 is 0 Å². The second kappa shape index (κ2) is 6.14. The van der Waals surface area contributed by atoms with Crippen LogP contribution in [-0.2, 0) is 0 Å². The van der Waals surface area contributed by atoms with Gasteiger partial charge in [0.05, 0.1) is 11.6 Å². The first-order valence-corrected chi connectivity index (χ1v) is 3.44. The average molecular weight is 161 g/mol. The molecule has 0 atom stereocenters. The molecular weight excluding hydrogens is 150 g/mol. The lowest BCUT2D eigenvalue weighted by Gasteiger charge is -1.92. The number of hydrogen-bond acceptors (Lipinski definition) is 2. The summed E-state index contributed by atoms with van der Waals surface area (Å²) in [6.45, 7) is 3.58. The number of aliphatic hydroxyl groups excluding tert-OH is 1. The fraction of sp³-hybridized carbons (Fsp3) is 0.100. The fourth-order valence-electron chi connectivity index (χ4n) is 0.704. The molecule has 0 radical (unpaired) electrons. The van der Waals surface area contributed by atoms with Crippen molar-refractivity contribution in [2.45, 2.75) is 0 Å². The van der Waals surface area contributed by atoms with Crippen LogP contribution in [0.1, 0.15) is 5.56 Å². The lowest BCUT2D eigenvalue weighted by atomic mass is 10.1. The summed E-state index contributed by atoms with van der Waals surface area (Å²) in [7, 11) is 1.00. The van der Waals surface area contributed by atoms with Gasteiger partial charge in [0.1, 0.15) is 0 Å². The van der Waals surface area contributed by atoms with Gasteiger partial charge in [-0.15, -0.1) is 0 Å². The zero-order chi connectivity index (χ0) is 9.40. The molecule has 0 aromatic heterocycles. The van der Waals surface area contributed by atoms with Crippen LogP contribution in [0.25, 0.3) is 5.57 Å². The van der Waals surface area contributed by atoms with E-state index >= 15 is 0 Å². The number of nitrogens with zero attached hydrogens (tertiary/aromatic N) is 1. The Morgan fingerprint density at radius 1 is 1.33 bits per heavy atom. The maximum atomic E-state index is 8.44. The highest BCUT2D eigenvalue weighted by molar-refractivity contribution is 5.74. The van der Waals surface area contributed by atoms with Gasteiger partial charge in [0.25, 0.3) is 0 Å². The Morgan fingerprint density at radius 3 is 2.25 bits per heavy atom. The molecule has 0 saturated carbocycles. The summed E-state index contributed by atoms with van der Waals surface area (Å²) in [6, 6.07) is 11.4. The molecule has 1 N–H and O–H groups in total. The van der Waals surface area contributed by atoms with E-state index in [-0.39, 0.29) is 0 Å². The molecule has 0 fully saturated rings. The molecule has 0 aliphatic carbocycles. The molecule has 0 unspecified atom stereocenters. The summed E-state index contributed by atoms with van der Waals surface area (Å²) in [5.74, 6) is 0. The van der Waals surface area contributed by atoms with Crippen LogP contribution in [0, 0.1) is 11.3 Å².